The third kappa shape index (κ3) is 81.6. The first kappa shape index (κ1) is 109. The lowest BCUT2D eigenvalue weighted by Crippen LogP contribution is -2.30. The van der Waals surface area contributed by atoms with Gasteiger partial charge in [-0.1, -0.05) is 434 Å². The van der Waals surface area contributed by atoms with Crippen LogP contribution in [0.4, 0.5) is 0 Å². The van der Waals surface area contributed by atoms with Crippen LogP contribution in [0, 0.1) is 23.7 Å². The summed E-state index contributed by atoms with van der Waals surface area (Å²) in [4.78, 5) is 73.4. The van der Waals surface area contributed by atoms with Crippen molar-refractivity contribution in [3.05, 3.63) is 0 Å². The minimum Gasteiger partial charge on any atom is -0.462 e. The van der Waals surface area contributed by atoms with Crippen LogP contribution >= 0.6 is 15.6 Å². The molecule has 0 spiro atoms. The molecule has 5 unspecified atom stereocenters. The van der Waals surface area contributed by atoms with Crippen LogP contribution in [-0.4, -0.2) is 96.7 Å². The molecular weight excluding hydrogens is 1440 g/mol. The molecule has 111 heavy (non-hydrogen) atoms. The molecule has 0 heterocycles. The monoisotopic (exact) mass is 1620 g/mol. The highest BCUT2D eigenvalue weighted by Gasteiger charge is 2.31. The van der Waals surface area contributed by atoms with E-state index in [0.717, 1.165) is 120 Å². The van der Waals surface area contributed by atoms with Gasteiger partial charge in [-0.25, -0.2) is 9.13 Å². The first-order valence-electron chi connectivity index (χ1n) is 47.3. The second-order valence-corrected chi connectivity index (χ2v) is 37.2. The van der Waals surface area contributed by atoms with E-state index in [1.54, 1.807) is 0 Å². The van der Waals surface area contributed by atoms with Gasteiger partial charge in [-0.2, -0.15) is 0 Å². The van der Waals surface area contributed by atoms with E-state index in [-0.39, 0.29) is 25.7 Å². The van der Waals surface area contributed by atoms with Gasteiger partial charge in [-0.3, -0.25) is 37.3 Å². The maximum atomic E-state index is 13.2. The van der Waals surface area contributed by atoms with Crippen LogP contribution in [0.5, 0.6) is 0 Å². The lowest BCUT2D eigenvalue weighted by molar-refractivity contribution is -0.161. The summed E-state index contributed by atoms with van der Waals surface area (Å²) in [7, 11) is -9.94. The summed E-state index contributed by atoms with van der Waals surface area (Å²) >= 11 is 0. The van der Waals surface area contributed by atoms with Crippen molar-refractivity contribution < 1.29 is 80.2 Å². The lowest BCUT2D eigenvalue weighted by Gasteiger charge is -2.21. The van der Waals surface area contributed by atoms with E-state index in [4.69, 9.17) is 37.0 Å². The summed E-state index contributed by atoms with van der Waals surface area (Å²) in [5.74, 6) is 1.17. The Morgan fingerprint density at radius 3 is 0.640 bits per heavy atom. The molecule has 0 aliphatic carbocycles. The van der Waals surface area contributed by atoms with Gasteiger partial charge in [-0.05, 0) is 49.4 Å². The van der Waals surface area contributed by atoms with Crippen LogP contribution in [0.1, 0.15) is 486 Å². The predicted molar refractivity (Wildman–Crippen MR) is 460 cm³/mol. The SMILES string of the molecule is CCC(C)CCCCCCCCCCCCCCCCCCCCC(=O)OC[C@H](COP(=O)(O)OC[C@@H](O)COP(=O)(O)OC[C@@H](COC(=O)CCCCCCCCC(C)CC)OC(=O)CCCCCCCCCCCCCCCCCCCCC(C)C)OC(=O)CCCCCCCCCCCCCCCCC(C)CC. The molecule has 8 atom stereocenters. The Hall–Kier alpha value is -1.94. The highest BCUT2D eigenvalue weighted by Crippen LogP contribution is 2.45. The third-order valence-electron chi connectivity index (χ3n) is 22.7. The van der Waals surface area contributed by atoms with Gasteiger partial charge >= 0.3 is 39.5 Å². The molecule has 0 fully saturated rings. The zero-order valence-corrected chi connectivity index (χ0v) is 75.4. The molecule has 0 aromatic heterocycles. The average molecular weight is 1620 g/mol. The molecule has 0 aromatic rings. The first-order valence-corrected chi connectivity index (χ1v) is 50.3. The van der Waals surface area contributed by atoms with Crippen molar-refractivity contribution in [1.29, 1.82) is 0 Å². The second-order valence-electron chi connectivity index (χ2n) is 34.3. The molecule has 0 aromatic carbocycles. The highest BCUT2D eigenvalue weighted by atomic mass is 31.2. The number of hydrogen-bond acceptors (Lipinski definition) is 15. The van der Waals surface area contributed by atoms with Gasteiger partial charge in [0, 0.05) is 25.7 Å². The average Bonchev–Trinajstić information content (AvgIpc) is 0.899. The minimum atomic E-state index is -4.97. The number of phosphoric acid groups is 2. The van der Waals surface area contributed by atoms with Gasteiger partial charge in [0.15, 0.2) is 12.2 Å². The molecular formula is C92H180O17P2. The summed E-state index contributed by atoms with van der Waals surface area (Å²) in [6.45, 7) is 14.4. The molecule has 3 N–H and O–H groups in total. The Bertz CT molecular complexity index is 2150. The fourth-order valence-corrected chi connectivity index (χ4v) is 15.9. The quantitative estimate of drug-likeness (QED) is 0.0222. The molecule has 17 nitrogen and oxygen atoms in total. The number of unbranched alkanes of at least 4 members (excludes halogenated alkanes) is 52. The number of hydrogen-bond donors (Lipinski definition) is 3. The number of aliphatic hydroxyl groups is 1. The second kappa shape index (κ2) is 80.5. The third-order valence-corrected chi connectivity index (χ3v) is 24.6. The van der Waals surface area contributed by atoms with Gasteiger partial charge < -0.3 is 33.8 Å². The van der Waals surface area contributed by atoms with Crippen molar-refractivity contribution >= 4 is 39.5 Å². The largest absolute Gasteiger partial charge is 0.472 e. The Labute approximate surface area is 683 Å². The summed E-state index contributed by atoms with van der Waals surface area (Å²) in [6.07, 6.45) is 72.3. The van der Waals surface area contributed by atoms with Gasteiger partial charge in [0.25, 0.3) is 0 Å². The molecule has 0 saturated heterocycles. The molecule has 0 aliphatic heterocycles. The number of esters is 4. The van der Waals surface area contributed by atoms with E-state index in [1.807, 2.05) is 0 Å². The minimum absolute atomic E-state index is 0.107. The predicted octanol–water partition coefficient (Wildman–Crippen LogP) is 28.3. The molecule has 19 heteroatoms. The van der Waals surface area contributed by atoms with Crippen molar-refractivity contribution in [2.45, 2.75) is 504 Å². The molecule has 0 bridgehead atoms. The Morgan fingerprint density at radius 1 is 0.252 bits per heavy atom. The maximum absolute atomic E-state index is 13.2. The summed E-state index contributed by atoms with van der Waals surface area (Å²) < 4.78 is 69.1. The Morgan fingerprint density at radius 2 is 0.432 bits per heavy atom. The first-order chi connectivity index (χ1) is 53.7. The zero-order valence-electron chi connectivity index (χ0n) is 73.6. The van der Waals surface area contributed by atoms with E-state index in [2.05, 4.69) is 55.4 Å². The molecule has 0 saturated carbocycles. The van der Waals surface area contributed by atoms with Crippen LogP contribution in [0.15, 0.2) is 0 Å². The molecule has 0 radical (unpaired) electrons. The van der Waals surface area contributed by atoms with Crippen LogP contribution in [0.3, 0.4) is 0 Å². The van der Waals surface area contributed by atoms with Gasteiger partial charge in [0.1, 0.15) is 19.3 Å². The van der Waals surface area contributed by atoms with Gasteiger partial charge in [0.2, 0.25) is 0 Å². The molecule has 0 aliphatic rings. The van der Waals surface area contributed by atoms with Crippen LogP contribution in [-0.2, 0) is 65.4 Å². The summed E-state index contributed by atoms with van der Waals surface area (Å²) in [5.41, 5.74) is 0. The van der Waals surface area contributed by atoms with E-state index < -0.39 is 97.5 Å². The highest BCUT2D eigenvalue weighted by molar-refractivity contribution is 7.47. The van der Waals surface area contributed by atoms with E-state index in [0.29, 0.717) is 25.7 Å². The van der Waals surface area contributed by atoms with E-state index in [9.17, 15) is 43.2 Å². The topological polar surface area (TPSA) is 237 Å². The normalized spacial score (nSPS) is 14.6. The van der Waals surface area contributed by atoms with Crippen LogP contribution in [0.25, 0.3) is 0 Å². The lowest BCUT2D eigenvalue weighted by atomic mass is 9.99. The van der Waals surface area contributed by atoms with Crippen molar-refractivity contribution in [3.63, 3.8) is 0 Å². The van der Waals surface area contributed by atoms with Crippen LogP contribution in [0.2, 0.25) is 0 Å². The van der Waals surface area contributed by atoms with Crippen molar-refractivity contribution in [1.82, 2.24) is 0 Å². The summed E-state index contributed by atoms with van der Waals surface area (Å²) in [6, 6.07) is 0. The molecule has 660 valence electrons. The van der Waals surface area contributed by atoms with Gasteiger partial charge in [0.05, 0.1) is 26.4 Å². The number of rotatable bonds is 89. The standard InChI is InChI=1S/C92H180O17P2/c1-9-83(6)69-61-53-45-39-33-27-21-17-13-15-18-22-29-35-41-47-56-64-72-89(94)102-78-87(108-91(96)74-67-59-49-43-37-31-25-24-28-34-40-46-54-62-70-84(7)10-2)80-106-110(98,99)104-76-86(93)77-105-111(100,101)107-81-88(79-103-90(95)73-65-57-51-50-55-63-71-85(8)11-3)109-92(97)75-66-58-48-42-36-30-23-19-14-12-16-20-26-32-38-44-52-60-68-82(4)5/h82-88,93H,9-81H2,1-8H3,(H,98,99)(H,100,101)/t83?,84?,85?,86-,87-,88-/m1/s1. The van der Waals surface area contributed by atoms with Gasteiger partial charge in [-0.15, -0.1) is 0 Å². The van der Waals surface area contributed by atoms with Crippen LogP contribution < -0.4 is 0 Å². The Balaban J connectivity index is 5.21. The zero-order chi connectivity index (χ0) is 81.6. The van der Waals surface area contributed by atoms with Crippen molar-refractivity contribution in [2.75, 3.05) is 39.6 Å². The smallest absolute Gasteiger partial charge is 0.462 e. The van der Waals surface area contributed by atoms with Crippen molar-refractivity contribution in [3.8, 4) is 0 Å². The fraction of sp³-hybridized carbons (Fsp3) is 0.957. The summed E-state index contributed by atoms with van der Waals surface area (Å²) in [5, 5.41) is 10.7. The number of carbonyl (C=O) groups is 4. The number of carbonyl (C=O) groups excluding carboxylic acids is 4. The Kier molecular flexibility index (Phi) is 79.1. The number of phosphoric ester groups is 2. The molecule has 0 amide bonds. The van der Waals surface area contributed by atoms with E-state index in [1.165, 1.54) is 283 Å². The number of aliphatic hydroxyl groups excluding tert-OH is 1. The fourth-order valence-electron chi connectivity index (χ4n) is 14.3. The van der Waals surface area contributed by atoms with E-state index >= 15 is 0 Å². The molecule has 0 rings (SSSR count). The number of ether oxygens (including phenoxy) is 4. The maximum Gasteiger partial charge on any atom is 0.472 e. The van der Waals surface area contributed by atoms with Crippen molar-refractivity contribution in [2.24, 2.45) is 23.7 Å².